The van der Waals surface area contributed by atoms with Crippen molar-refractivity contribution in [3.05, 3.63) is 29.8 Å². The molecule has 2 rings (SSSR count). The van der Waals surface area contributed by atoms with Crippen LogP contribution >= 0.6 is 0 Å². The first-order chi connectivity index (χ1) is 11.3. The largest absolute Gasteiger partial charge is 0.573 e. The Hall–Kier alpha value is -1.96. The fraction of sp³-hybridized carbons (Fsp3) is 0.562. The molecule has 0 bridgehead atoms. The Morgan fingerprint density at radius 2 is 1.92 bits per heavy atom. The SMILES string of the molecule is O=C(NCc1ccccc1OC(F)(F)F)NCC1CCCCC1O. The summed E-state index contributed by atoms with van der Waals surface area (Å²) in [6.07, 6.45) is -1.61. The highest BCUT2D eigenvalue weighted by Gasteiger charge is 2.32. The van der Waals surface area contributed by atoms with Crippen LogP contribution in [0, 0.1) is 5.92 Å². The van der Waals surface area contributed by atoms with Crippen LogP contribution < -0.4 is 15.4 Å². The van der Waals surface area contributed by atoms with Gasteiger partial charge in [-0.05, 0) is 18.9 Å². The van der Waals surface area contributed by atoms with Crippen LogP contribution in [-0.4, -0.2) is 30.1 Å². The lowest BCUT2D eigenvalue weighted by Crippen LogP contribution is -2.41. The molecule has 0 aromatic heterocycles. The van der Waals surface area contributed by atoms with Crippen molar-refractivity contribution in [2.75, 3.05) is 6.54 Å². The number of aliphatic hydroxyl groups excluding tert-OH is 1. The second-order valence-corrected chi connectivity index (χ2v) is 5.83. The van der Waals surface area contributed by atoms with Gasteiger partial charge in [0.05, 0.1) is 6.10 Å². The van der Waals surface area contributed by atoms with Gasteiger partial charge in [-0.3, -0.25) is 0 Å². The van der Waals surface area contributed by atoms with E-state index in [1.807, 2.05) is 0 Å². The highest BCUT2D eigenvalue weighted by Crippen LogP contribution is 2.26. The predicted molar refractivity (Wildman–Crippen MR) is 81.3 cm³/mol. The van der Waals surface area contributed by atoms with Crippen molar-refractivity contribution >= 4 is 6.03 Å². The average Bonchev–Trinajstić information content (AvgIpc) is 2.52. The van der Waals surface area contributed by atoms with Crippen molar-refractivity contribution in [2.24, 2.45) is 5.92 Å². The highest BCUT2D eigenvalue weighted by molar-refractivity contribution is 5.73. The molecule has 1 aliphatic carbocycles. The fourth-order valence-corrected chi connectivity index (χ4v) is 2.76. The summed E-state index contributed by atoms with van der Waals surface area (Å²) in [7, 11) is 0. The molecule has 0 heterocycles. The van der Waals surface area contributed by atoms with Crippen LogP contribution in [0.2, 0.25) is 0 Å². The first-order valence-electron chi connectivity index (χ1n) is 7.88. The van der Waals surface area contributed by atoms with E-state index in [0.717, 1.165) is 25.7 Å². The van der Waals surface area contributed by atoms with Gasteiger partial charge in [-0.2, -0.15) is 0 Å². The molecule has 0 aliphatic heterocycles. The third kappa shape index (κ3) is 5.92. The first kappa shape index (κ1) is 18.4. The van der Waals surface area contributed by atoms with Gasteiger partial charge in [-0.1, -0.05) is 31.0 Å². The van der Waals surface area contributed by atoms with Crippen molar-refractivity contribution in [3.8, 4) is 5.75 Å². The van der Waals surface area contributed by atoms with Crippen LogP contribution in [0.3, 0.4) is 0 Å². The standard InChI is InChI=1S/C16H21F3N2O3/c17-16(18,19)24-14-8-4-2-6-12(14)10-21-15(23)20-9-11-5-1-3-7-13(11)22/h2,4,6,8,11,13,22H,1,3,5,7,9-10H2,(H2,20,21,23). The molecule has 5 nitrogen and oxygen atoms in total. The fourth-order valence-electron chi connectivity index (χ4n) is 2.76. The average molecular weight is 346 g/mol. The summed E-state index contributed by atoms with van der Waals surface area (Å²) in [4.78, 5) is 11.8. The number of hydrogen-bond donors (Lipinski definition) is 3. The molecule has 134 valence electrons. The zero-order valence-electron chi connectivity index (χ0n) is 13.1. The van der Waals surface area contributed by atoms with Gasteiger partial charge in [0.15, 0.2) is 0 Å². The third-order valence-electron chi connectivity index (χ3n) is 4.03. The Morgan fingerprint density at radius 3 is 2.62 bits per heavy atom. The Morgan fingerprint density at radius 1 is 1.21 bits per heavy atom. The number of benzene rings is 1. The second kappa shape index (κ2) is 8.23. The smallest absolute Gasteiger partial charge is 0.405 e. The van der Waals surface area contributed by atoms with Crippen molar-refractivity contribution in [3.63, 3.8) is 0 Å². The highest BCUT2D eigenvalue weighted by atomic mass is 19.4. The summed E-state index contributed by atoms with van der Waals surface area (Å²) < 4.78 is 40.9. The molecule has 1 aliphatic rings. The maximum atomic E-state index is 12.3. The van der Waals surface area contributed by atoms with Crippen molar-refractivity contribution in [1.82, 2.24) is 10.6 Å². The third-order valence-corrected chi connectivity index (χ3v) is 4.03. The summed E-state index contributed by atoms with van der Waals surface area (Å²) in [5.41, 5.74) is 0.225. The normalized spacial score (nSPS) is 21.2. The molecule has 2 amide bonds. The van der Waals surface area contributed by atoms with E-state index in [4.69, 9.17) is 0 Å². The molecule has 0 radical (unpaired) electrons. The zero-order valence-corrected chi connectivity index (χ0v) is 13.1. The summed E-state index contributed by atoms with van der Waals surface area (Å²) in [5, 5.41) is 15.0. The quantitative estimate of drug-likeness (QED) is 0.768. The number of ether oxygens (including phenoxy) is 1. The molecule has 0 saturated heterocycles. The maximum absolute atomic E-state index is 12.3. The molecule has 1 saturated carbocycles. The van der Waals surface area contributed by atoms with Crippen LogP contribution in [0.1, 0.15) is 31.2 Å². The molecular weight excluding hydrogens is 325 g/mol. The van der Waals surface area contributed by atoms with E-state index in [1.54, 1.807) is 6.07 Å². The van der Waals surface area contributed by atoms with E-state index in [-0.39, 0.29) is 23.8 Å². The minimum atomic E-state index is -4.78. The number of alkyl halides is 3. The number of nitrogens with one attached hydrogen (secondary N) is 2. The van der Waals surface area contributed by atoms with Gasteiger partial charge in [0.2, 0.25) is 0 Å². The van der Waals surface area contributed by atoms with E-state index < -0.39 is 18.5 Å². The first-order valence-corrected chi connectivity index (χ1v) is 7.88. The van der Waals surface area contributed by atoms with Crippen LogP contribution in [-0.2, 0) is 6.54 Å². The van der Waals surface area contributed by atoms with Crippen molar-refractivity contribution < 1.29 is 27.8 Å². The summed E-state index contributed by atoms with van der Waals surface area (Å²) in [6.45, 7) is 0.249. The molecule has 8 heteroatoms. The number of amides is 2. The van der Waals surface area contributed by atoms with Crippen molar-refractivity contribution in [1.29, 1.82) is 0 Å². The number of rotatable bonds is 5. The predicted octanol–water partition coefficient (Wildman–Crippen LogP) is 2.94. The Bertz CT molecular complexity index is 552. The number of halogens is 3. The molecule has 1 aromatic rings. The Balaban J connectivity index is 1.81. The van der Waals surface area contributed by atoms with Crippen LogP contribution in [0.5, 0.6) is 5.75 Å². The van der Waals surface area contributed by atoms with Crippen LogP contribution in [0.4, 0.5) is 18.0 Å². The lowest BCUT2D eigenvalue weighted by molar-refractivity contribution is -0.274. The lowest BCUT2D eigenvalue weighted by Gasteiger charge is -2.27. The number of aliphatic hydroxyl groups is 1. The van der Waals surface area contributed by atoms with Gasteiger partial charge in [0.25, 0.3) is 0 Å². The Kier molecular flexibility index (Phi) is 6.30. The van der Waals surface area contributed by atoms with E-state index in [2.05, 4.69) is 15.4 Å². The van der Waals surface area contributed by atoms with Gasteiger partial charge in [-0.15, -0.1) is 13.2 Å². The molecule has 2 atom stereocenters. The number of carbonyl (C=O) groups excluding carboxylic acids is 1. The van der Waals surface area contributed by atoms with E-state index in [9.17, 15) is 23.1 Å². The number of para-hydroxylation sites is 1. The number of urea groups is 1. The maximum Gasteiger partial charge on any atom is 0.573 e. The summed E-state index contributed by atoms with van der Waals surface area (Å²) in [5.74, 6) is -0.321. The molecular formula is C16H21F3N2O3. The zero-order chi connectivity index (χ0) is 17.6. The summed E-state index contributed by atoms with van der Waals surface area (Å²) in [6, 6.07) is 5.15. The van der Waals surface area contributed by atoms with E-state index in [0.29, 0.717) is 6.54 Å². The molecule has 24 heavy (non-hydrogen) atoms. The van der Waals surface area contributed by atoms with Gasteiger partial charge in [0, 0.05) is 24.6 Å². The molecule has 2 unspecified atom stereocenters. The van der Waals surface area contributed by atoms with Crippen LogP contribution in [0.15, 0.2) is 24.3 Å². The Labute approximate surface area is 138 Å². The lowest BCUT2D eigenvalue weighted by atomic mass is 9.86. The number of hydrogen-bond acceptors (Lipinski definition) is 3. The van der Waals surface area contributed by atoms with E-state index in [1.165, 1.54) is 18.2 Å². The minimum Gasteiger partial charge on any atom is -0.405 e. The monoisotopic (exact) mass is 346 g/mol. The van der Waals surface area contributed by atoms with Gasteiger partial charge in [0.1, 0.15) is 5.75 Å². The summed E-state index contributed by atoms with van der Waals surface area (Å²) >= 11 is 0. The second-order valence-electron chi connectivity index (χ2n) is 5.83. The van der Waals surface area contributed by atoms with Gasteiger partial charge >= 0.3 is 12.4 Å². The number of carbonyl (C=O) groups is 1. The van der Waals surface area contributed by atoms with Crippen LogP contribution in [0.25, 0.3) is 0 Å². The molecule has 3 N–H and O–H groups in total. The minimum absolute atomic E-state index is 0.0188. The topological polar surface area (TPSA) is 70.6 Å². The van der Waals surface area contributed by atoms with Gasteiger partial charge in [-0.25, -0.2) is 4.79 Å². The van der Waals surface area contributed by atoms with Gasteiger partial charge < -0.3 is 20.5 Å². The molecule has 0 spiro atoms. The van der Waals surface area contributed by atoms with Crippen molar-refractivity contribution in [2.45, 2.75) is 44.7 Å². The molecule has 1 aromatic carbocycles. The van der Waals surface area contributed by atoms with E-state index >= 15 is 0 Å². The molecule has 1 fully saturated rings.